The lowest BCUT2D eigenvalue weighted by Gasteiger charge is -2.20. The minimum atomic E-state index is -0.00485. The Hall–Kier alpha value is 0.980. The number of rotatable bonds is 6. The van der Waals surface area contributed by atoms with Crippen LogP contribution in [0, 0.1) is 5.92 Å². The molecule has 0 aromatic heterocycles. The summed E-state index contributed by atoms with van der Waals surface area (Å²) in [6, 6.07) is 0. The topological polar surface area (TPSA) is 18.5 Å². The van der Waals surface area contributed by atoms with E-state index in [-0.39, 0.29) is 10.9 Å². The highest BCUT2D eigenvalue weighted by Gasteiger charge is 2.21. The van der Waals surface area contributed by atoms with E-state index in [1.54, 1.807) is 0 Å². The van der Waals surface area contributed by atoms with E-state index in [1.807, 2.05) is 0 Å². The van der Waals surface area contributed by atoms with Gasteiger partial charge in [0.15, 0.2) is 0 Å². The summed E-state index contributed by atoms with van der Waals surface area (Å²) in [6.45, 7) is 2.38. The lowest BCUT2D eigenvalue weighted by molar-refractivity contribution is 0.0411. The minimum Gasteiger partial charge on any atom is -0.381 e. The number of hydrogen-bond donors (Lipinski definition) is 0. The zero-order valence-electron chi connectivity index (χ0n) is 7.93. The molecular weight excluding hydrogens is 291 g/mol. The van der Waals surface area contributed by atoms with Crippen LogP contribution in [0.25, 0.3) is 0 Å². The lowest BCUT2D eigenvalue weighted by atomic mass is 10.1. The summed E-state index contributed by atoms with van der Waals surface area (Å²) in [4.78, 5) is 0.129. The van der Waals surface area contributed by atoms with E-state index in [1.165, 1.54) is 0 Å². The molecule has 0 radical (unpaired) electrons. The molecule has 0 aromatic carbocycles. The highest BCUT2D eigenvalue weighted by molar-refractivity contribution is 9.09. The van der Waals surface area contributed by atoms with Gasteiger partial charge in [-0.2, -0.15) is 0 Å². The predicted molar refractivity (Wildman–Crippen MR) is 62.8 cm³/mol. The molecule has 0 bridgehead atoms. The molecule has 5 heteroatoms. The zero-order chi connectivity index (χ0) is 10.4. The van der Waals surface area contributed by atoms with Crippen molar-refractivity contribution in [2.24, 2.45) is 5.92 Å². The van der Waals surface area contributed by atoms with E-state index < -0.39 is 0 Å². The van der Waals surface area contributed by atoms with Gasteiger partial charge < -0.3 is 9.47 Å². The first-order chi connectivity index (χ1) is 6.77. The van der Waals surface area contributed by atoms with Gasteiger partial charge in [0, 0.05) is 24.3 Å². The van der Waals surface area contributed by atoms with E-state index >= 15 is 0 Å². The molecule has 1 fully saturated rings. The van der Waals surface area contributed by atoms with E-state index in [9.17, 15) is 0 Å². The van der Waals surface area contributed by atoms with Gasteiger partial charge in [0.1, 0.15) is 0 Å². The molecule has 3 atom stereocenters. The number of hydrogen-bond acceptors (Lipinski definition) is 2. The van der Waals surface area contributed by atoms with Crippen LogP contribution in [0.1, 0.15) is 6.42 Å². The Balaban J connectivity index is 2.19. The van der Waals surface area contributed by atoms with Crippen molar-refractivity contribution >= 4 is 39.1 Å². The molecule has 14 heavy (non-hydrogen) atoms. The Morgan fingerprint density at radius 3 is 2.71 bits per heavy atom. The molecule has 0 aromatic rings. The molecule has 1 rings (SSSR count). The quantitative estimate of drug-likeness (QED) is 0.702. The fourth-order valence-electron chi connectivity index (χ4n) is 1.32. The molecule has 84 valence electrons. The van der Waals surface area contributed by atoms with Crippen LogP contribution in [0.3, 0.4) is 0 Å². The minimum absolute atomic E-state index is 0.00485. The van der Waals surface area contributed by atoms with Crippen molar-refractivity contribution in [3.05, 3.63) is 0 Å². The third-order valence-corrected chi connectivity index (χ3v) is 4.20. The molecule has 0 saturated carbocycles. The third-order valence-electron chi connectivity index (χ3n) is 2.27. The molecule has 0 N–H and O–H groups in total. The highest BCUT2D eigenvalue weighted by Crippen LogP contribution is 2.17. The third kappa shape index (κ3) is 4.23. The zero-order valence-corrected chi connectivity index (χ0v) is 11.0. The maximum absolute atomic E-state index is 5.78. The maximum atomic E-state index is 5.78. The first-order valence-corrected chi connectivity index (χ1v) is 6.71. The van der Waals surface area contributed by atoms with E-state index in [4.69, 9.17) is 32.7 Å². The van der Waals surface area contributed by atoms with Gasteiger partial charge in [-0.3, -0.25) is 0 Å². The van der Waals surface area contributed by atoms with Crippen LogP contribution in [-0.4, -0.2) is 42.5 Å². The lowest BCUT2D eigenvalue weighted by Crippen LogP contribution is -2.29. The second kappa shape index (κ2) is 7.29. The van der Waals surface area contributed by atoms with Crippen LogP contribution < -0.4 is 0 Å². The summed E-state index contributed by atoms with van der Waals surface area (Å²) < 4.78 is 10.9. The summed E-state index contributed by atoms with van der Waals surface area (Å²) in [5.41, 5.74) is 0. The van der Waals surface area contributed by atoms with E-state index in [0.717, 1.165) is 26.2 Å². The predicted octanol–water partition coefficient (Wildman–Crippen LogP) is 2.65. The Morgan fingerprint density at radius 2 is 2.21 bits per heavy atom. The average Bonchev–Trinajstić information content (AvgIpc) is 2.71. The molecule has 0 amide bonds. The first-order valence-electron chi connectivity index (χ1n) is 4.73. The van der Waals surface area contributed by atoms with Crippen molar-refractivity contribution < 1.29 is 9.47 Å². The number of halogens is 3. The molecule has 0 aliphatic carbocycles. The van der Waals surface area contributed by atoms with Gasteiger partial charge in [-0.15, -0.1) is 23.2 Å². The van der Waals surface area contributed by atoms with Gasteiger partial charge in [-0.1, -0.05) is 15.9 Å². The molecule has 1 saturated heterocycles. The summed E-state index contributed by atoms with van der Waals surface area (Å²) in [7, 11) is 0. The molecule has 3 unspecified atom stereocenters. The van der Waals surface area contributed by atoms with Crippen molar-refractivity contribution in [1.29, 1.82) is 0 Å². The Labute approximate surface area is 103 Å². The smallest absolute Gasteiger partial charge is 0.0846 e. The van der Waals surface area contributed by atoms with Crippen molar-refractivity contribution in [1.82, 2.24) is 0 Å². The second-order valence-electron chi connectivity index (χ2n) is 3.43. The SMILES string of the molecule is ClCC(Br)C(CCl)OCC1CCOC1. The fraction of sp³-hybridized carbons (Fsp3) is 1.00. The first kappa shape index (κ1) is 13.0. The van der Waals surface area contributed by atoms with Crippen LogP contribution in [-0.2, 0) is 9.47 Å². The Kier molecular flexibility index (Phi) is 6.79. The molecule has 1 aliphatic rings. The number of alkyl halides is 3. The van der Waals surface area contributed by atoms with Crippen LogP contribution in [0.4, 0.5) is 0 Å². The van der Waals surface area contributed by atoms with Gasteiger partial charge in [0.25, 0.3) is 0 Å². The van der Waals surface area contributed by atoms with E-state index in [0.29, 0.717) is 17.7 Å². The molecular formula is C9H15BrCl2O2. The highest BCUT2D eigenvalue weighted by atomic mass is 79.9. The monoisotopic (exact) mass is 304 g/mol. The summed E-state index contributed by atoms with van der Waals surface area (Å²) in [5.74, 6) is 1.50. The largest absolute Gasteiger partial charge is 0.381 e. The van der Waals surface area contributed by atoms with Gasteiger partial charge in [0.05, 0.1) is 24.1 Å². The van der Waals surface area contributed by atoms with Crippen molar-refractivity contribution in [2.45, 2.75) is 17.4 Å². The standard InChI is InChI=1S/C9H15BrCl2O2/c10-8(3-11)9(4-12)14-6-7-1-2-13-5-7/h7-9H,1-6H2. The van der Waals surface area contributed by atoms with Gasteiger partial charge in [0.2, 0.25) is 0 Å². The molecule has 1 heterocycles. The fourth-order valence-corrected chi connectivity index (χ4v) is 2.38. The van der Waals surface area contributed by atoms with Crippen molar-refractivity contribution in [2.75, 3.05) is 31.6 Å². The molecule has 2 nitrogen and oxygen atoms in total. The summed E-state index contributed by atoms with van der Waals surface area (Å²) >= 11 is 14.9. The van der Waals surface area contributed by atoms with Crippen molar-refractivity contribution in [3.8, 4) is 0 Å². The van der Waals surface area contributed by atoms with Gasteiger partial charge in [-0.25, -0.2) is 0 Å². The van der Waals surface area contributed by atoms with Crippen LogP contribution in [0.2, 0.25) is 0 Å². The maximum Gasteiger partial charge on any atom is 0.0846 e. The van der Waals surface area contributed by atoms with Crippen molar-refractivity contribution in [3.63, 3.8) is 0 Å². The molecule has 0 spiro atoms. The van der Waals surface area contributed by atoms with Crippen LogP contribution in [0.5, 0.6) is 0 Å². The Morgan fingerprint density at radius 1 is 1.43 bits per heavy atom. The van der Waals surface area contributed by atoms with Crippen LogP contribution >= 0.6 is 39.1 Å². The van der Waals surface area contributed by atoms with E-state index in [2.05, 4.69) is 15.9 Å². The van der Waals surface area contributed by atoms with Crippen LogP contribution in [0.15, 0.2) is 0 Å². The Bertz CT molecular complexity index is 154. The number of ether oxygens (including phenoxy) is 2. The second-order valence-corrected chi connectivity index (χ2v) is 5.22. The summed E-state index contributed by atoms with van der Waals surface area (Å²) in [5, 5.41) is 0. The molecule has 1 aliphatic heterocycles. The normalized spacial score (nSPS) is 26.4. The summed E-state index contributed by atoms with van der Waals surface area (Å²) in [6.07, 6.45) is 1.08. The average molecular weight is 306 g/mol. The van der Waals surface area contributed by atoms with Gasteiger partial charge in [-0.05, 0) is 6.42 Å². The van der Waals surface area contributed by atoms with Gasteiger partial charge >= 0.3 is 0 Å².